The van der Waals surface area contributed by atoms with E-state index in [9.17, 15) is 9.00 Å². The highest BCUT2D eigenvalue weighted by Crippen LogP contribution is 2.50. The average molecular weight is 763 g/mol. The number of hydrogen-bond donors (Lipinski definition) is 1. The van der Waals surface area contributed by atoms with E-state index in [0.717, 1.165) is 93.0 Å². The number of halogens is 1. The summed E-state index contributed by atoms with van der Waals surface area (Å²) in [6.07, 6.45) is 17.6. The molecule has 2 aromatic carbocycles. The van der Waals surface area contributed by atoms with Gasteiger partial charge < -0.3 is 14.4 Å². The van der Waals surface area contributed by atoms with Gasteiger partial charge in [-0.2, -0.15) is 0 Å². The standard InChI is InChI=1S/C44H60ClN3O4S/c1-30-9-7-21-44(51-3,28-47-22-19-32-10-5-6-11-35(32)25-47)39-16-13-36(39)26-48-27-43(20-8-12-33-23-37(45)15-17-38(33)43)29-52-41-18-14-34(24-40(41)48)42(49)46-53(4,50)31(30)2/h7,14-15,17-18,21,23-24,30-32,35-36,39H,4-6,8-13,16,19-20,22,25-29H2,1-3H3,(H,46,49,50)/b21-7+/t30-,31+,32-,35-,36-,39+,43-,44-,53?/m0/s1. The predicted molar refractivity (Wildman–Crippen MR) is 218 cm³/mol. The third kappa shape index (κ3) is 7.20. The Hall–Kier alpha value is -2.52. The van der Waals surface area contributed by atoms with Crippen molar-refractivity contribution < 1.29 is 18.5 Å². The van der Waals surface area contributed by atoms with Gasteiger partial charge in [-0.05, 0) is 142 Å². The lowest BCUT2D eigenvalue weighted by Crippen LogP contribution is -2.58. The molecule has 0 radical (unpaired) electrons. The van der Waals surface area contributed by atoms with Crippen LogP contribution in [0.3, 0.4) is 0 Å². The van der Waals surface area contributed by atoms with Gasteiger partial charge in [0, 0.05) is 54.5 Å². The number of benzene rings is 2. The molecule has 3 heterocycles. The summed E-state index contributed by atoms with van der Waals surface area (Å²) < 4.78 is 30.5. The quantitative estimate of drug-likeness (QED) is 0.252. The molecule has 53 heavy (non-hydrogen) atoms. The van der Waals surface area contributed by atoms with Crippen LogP contribution in [0.1, 0.15) is 99.5 Å². The number of nitrogens with one attached hydrogen (secondary N) is 1. The summed E-state index contributed by atoms with van der Waals surface area (Å²) in [5.41, 5.74) is 3.42. The monoisotopic (exact) mass is 761 g/mol. The van der Waals surface area contributed by atoms with E-state index in [2.05, 4.69) is 51.6 Å². The van der Waals surface area contributed by atoms with Crippen molar-refractivity contribution >= 4 is 38.8 Å². The molecule has 8 rings (SSSR count). The van der Waals surface area contributed by atoms with E-state index in [1.807, 2.05) is 38.3 Å². The van der Waals surface area contributed by atoms with Gasteiger partial charge >= 0.3 is 0 Å². The van der Waals surface area contributed by atoms with E-state index in [1.165, 1.54) is 49.8 Å². The Morgan fingerprint density at radius 2 is 1.85 bits per heavy atom. The Morgan fingerprint density at radius 3 is 2.64 bits per heavy atom. The summed E-state index contributed by atoms with van der Waals surface area (Å²) >= 11 is 6.53. The second kappa shape index (κ2) is 14.9. The van der Waals surface area contributed by atoms with Crippen molar-refractivity contribution in [2.24, 2.45) is 29.6 Å². The molecule has 7 nitrogen and oxygen atoms in total. The van der Waals surface area contributed by atoms with Crippen molar-refractivity contribution in [1.29, 1.82) is 0 Å². The first kappa shape index (κ1) is 37.4. The summed E-state index contributed by atoms with van der Waals surface area (Å²) in [4.78, 5) is 19.1. The second-order valence-electron chi connectivity index (χ2n) is 17.7. The van der Waals surface area contributed by atoms with Gasteiger partial charge in [-0.3, -0.25) is 14.4 Å². The zero-order valence-electron chi connectivity index (χ0n) is 32.1. The fourth-order valence-electron chi connectivity index (χ4n) is 11.1. The predicted octanol–water partition coefficient (Wildman–Crippen LogP) is 8.08. The molecule has 2 saturated carbocycles. The van der Waals surface area contributed by atoms with Gasteiger partial charge in [0.1, 0.15) is 11.4 Å². The molecule has 6 aliphatic rings. The molecule has 1 amide bonds. The number of allylic oxidation sites excluding steroid dienone is 1. The van der Waals surface area contributed by atoms with Crippen LogP contribution in [0.25, 0.3) is 0 Å². The van der Waals surface area contributed by atoms with Crippen molar-refractivity contribution in [2.75, 3.05) is 51.3 Å². The normalized spacial score (nSPS) is 38.3. The Labute approximate surface area is 323 Å². The first-order valence-corrected chi connectivity index (χ1v) is 22.6. The molecule has 9 heteroatoms. The molecular weight excluding hydrogens is 702 g/mol. The Kier molecular flexibility index (Phi) is 10.5. The summed E-state index contributed by atoms with van der Waals surface area (Å²) in [5, 5.41) is 0.460. The van der Waals surface area contributed by atoms with Gasteiger partial charge in [-0.15, -0.1) is 0 Å². The fraction of sp³-hybridized carbons (Fsp3) is 0.636. The second-order valence-corrected chi connectivity index (χ2v) is 20.5. The highest BCUT2D eigenvalue weighted by molar-refractivity contribution is 7.99. The van der Waals surface area contributed by atoms with Gasteiger partial charge in [0.2, 0.25) is 0 Å². The summed E-state index contributed by atoms with van der Waals surface area (Å²) in [5.74, 6) is 7.02. The molecule has 3 aliphatic heterocycles. The van der Waals surface area contributed by atoms with Crippen LogP contribution >= 0.6 is 11.6 Å². The Balaban J connectivity index is 1.19. The molecule has 9 atom stereocenters. The number of carbonyl (C=O) groups is 1. The van der Waals surface area contributed by atoms with Crippen LogP contribution in [-0.4, -0.2) is 78.2 Å². The number of ether oxygens (including phenoxy) is 2. The van der Waals surface area contributed by atoms with Crippen LogP contribution in [0.2, 0.25) is 5.02 Å². The van der Waals surface area contributed by atoms with E-state index < -0.39 is 15.3 Å². The molecule has 1 unspecified atom stereocenters. The number of nitrogens with zero attached hydrogens (tertiary/aromatic N) is 2. The number of rotatable bonds is 3. The summed E-state index contributed by atoms with van der Waals surface area (Å²) in [6, 6.07) is 12.1. The third-order valence-corrected chi connectivity index (χ3v) is 17.0. The Morgan fingerprint density at radius 1 is 1.02 bits per heavy atom. The zero-order valence-corrected chi connectivity index (χ0v) is 33.7. The number of piperidine rings is 1. The molecule has 3 aliphatic carbocycles. The minimum absolute atomic E-state index is 0.0505. The van der Waals surface area contributed by atoms with Crippen molar-refractivity contribution in [1.82, 2.24) is 9.62 Å². The molecule has 1 saturated heterocycles. The van der Waals surface area contributed by atoms with Crippen molar-refractivity contribution in [2.45, 2.75) is 101 Å². The minimum atomic E-state index is -2.94. The lowest BCUT2D eigenvalue weighted by Gasteiger charge is -2.53. The SMILES string of the molecule is C=S1(=O)NC(=O)c2ccc3c(c2)N(C[C@@H]2CC[C@H]2[C@](CN2CC[C@@H]4CCCC[C@H]4C2)(OC)/C=C/C[C@H](C)[C@H]1C)C[C@@]1(CCCc2cc(Cl)ccc21)CO3. The van der Waals surface area contributed by atoms with Crippen molar-refractivity contribution in [3.63, 3.8) is 0 Å². The number of amides is 1. The molecular formula is C44H60ClN3O4S. The molecule has 1 N–H and O–H groups in total. The lowest BCUT2D eigenvalue weighted by atomic mass is 9.63. The van der Waals surface area contributed by atoms with Crippen LogP contribution in [0, 0.1) is 29.6 Å². The van der Waals surface area contributed by atoms with E-state index in [1.54, 1.807) is 0 Å². The lowest BCUT2D eigenvalue weighted by molar-refractivity contribution is -0.0987. The Bertz CT molecular complexity index is 1830. The fourth-order valence-corrected chi connectivity index (χ4v) is 12.7. The number of anilines is 1. The molecule has 0 aromatic heterocycles. The average Bonchev–Trinajstić information content (AvgIpc) is 3.28. The van der Waals surface area contributed by atoms with Crippen molar-refractivity contribution in [3.05, 3.63) is 70.3 Å². The van der Waals surface area contributed by atoms with E-state index in [0.29, 0.717) is 24.0 Å². The highest BCUT2D eigenvalue weighted by Gasteiger charge is 2.50. The van der Waals surface area contributed by atoms with Crippen LogP contribution in [0.5, 0.6) is 5.75 Å². The van der Waals surface area contributed by atoms with E-state index in [-0.39, 0.29) is 22.5 Å². The van der Waals surface area contributed by atoms with Crippen LogP contribution in [0.4, 0.5) is 5.69 Å². The topological polar surface area (TPSA) is 71.1 Å². The number of carbonyl (C=O) groups excluding carboxylic acids is 1. The smallest absolute Gasteiger partial charge is 0.262 e. The number of methoxy groups -OCH3 is 1. The van der Waals surface area contributed by atoms with Crippen LogP contribution in [0.15, 0.2) is 48.6 Å². The number of fused-ring (bicyclic) bond motifs is 5. The van der Waals surface area contributed by atoms with Crippen LogP contribution in [-0.2, 0) is 26.3 Å². The highest BCUT2D eigenvalue weighted by atomic mass is 35.5. The van der Waals surface area contributed by atoms with Gasteiger partial charge in [-0.1, -0.05) is 56.0 Å². The van der Waals surface area contributed by atoms with Crippen LogP contribution < -0.4 is 14.4 Å². The maximum atomic E-state index is 14.1. The number of hydrogen-bond acceptors (Lipinski definition) is 6. The molecule has 288 valence electrons. The first-order valence-electron chi connectivity index (χ1n) is 20.4. The maximum absolute atomic E-state index is 14.1. The van der Waals surface area contributed by atoms with Gasteiger partial charge in [-0.25, -0.2) is 4.21 Å². The molecule has 1 spiro atoms. The molecule has 2 aromatic rings. The largest absolute Gasteiger partial charge is 0.490 e. The summed E-state index contributed by atoms with van der Waals surface area (Å²) in [6.45, 7) is 9.48. The van der Waals surface area contributed by atoms with Crippen molar-refractivity contribution in [3.8, 4) is 5.75 Å². The van der Waals surface area contributed by atoms with E-state index in [4.69, 9.17) is 21.1 Å². The molecule has 3 fully saturated rings. The van der Waals surface area contributed by atoms with E-state index >= 15 is 0 Å². The first-order chi connectivity index (χ1) is 25.5. The number of aryl methyl sites for hydroxylation is 1. The summed E-state index contributed by atoms with van der Waals surface area (Å²) in [7, 11) is -1.02. The minimum Gasteiger partial charge on any atom is -0.490 e. The number of likely N-dealkylation sites (tertiary alicyclic amines) is 1. The van der Waals surface area contributed by atoms with Gasteiger partial charge in [0.15, 0.2) is 0 Å². The zero-order chi connectivity index (χ0) is 37.0. The van der Waals surface area contributed by atoms with Gasteiger partial charge in [0.25, 0.3) is 5.91 Å². The molecule has 2 bridgehead atoms. The van der Waals surface area contributed by atoms with Gasteiger partial charge in [0.05, 0.1) is 22.0 Å². The third-order valence-electron chi connectivity index (χ3n) is 14.6. The maximum Gasteiger partial charge on any atom is 0.262 e.